The average molecular weight is 239 g/mol. The highest BCUT2D eigenvalue weighted by molar-refractivity contribution is 4.95. The highest BCUT2D eigenvalue weighted by Crippen LogP contribution is 2.08. The Morgan fingerprint density at radius 3 is 2.76 bits per heavy atom. The Labute approximate surface area is 104 Å². The van der Waals surface area contributed by atoms with Gasteiger partial charge in [0.1, 0.15) is 5.82 Å². The summed E-state index contributed by atoms with van der Waals surface area (Å²) in [6.45, 7) is 9.83. The Hall–Kier alpha value is -0.870. The van der Waals surface area contributed by atoms with Crippen molar-refractivity contribution in [3.8, 4) is 0 Å². The fourth-order valence-electron chi connectivity index (χ4n) is 1.56. The third kappa shape index (κ3) is 5.33. The Bertz CT molecular complexity index is 328. The summed E-state index contributed by atoms with van der Waals surface area (Å²) in [6, 6.07) is 0.194. The van der Waals surface area contributed by atoms with Gasteiger partial charge in [-0.1, -0.05) is 6.92 Å². The molecule has 0 bridgehead atoms. The molecule has 1 aromatic rings. The molecule has 0 amide bonds. The molecule has 1 heterocycles. The van der Waals surface area contributed by atoms with Crippen molar-refractivity contribution in [1.82, 2.24) is 9.55 Å². The molecule has 1 rings (SSSR count). The van der Waals surface area contributed by atoms with Gasteiger partial charge in [0.2, 0.25) is 0 Å². The van der Waals surface area contributed by atoms with Crippen LogP contribution >= 0.6 is 0 Å². The minimum atomic E-state index is -0.0828. The largest absolute Gasteiger partial charge is 0.374 e. The summed E-state index contributed by atoms with van der Waals surface area (Å²) < 4.78 is 7.84. The molecule has 1 unspecified atom stereocenters. The number of ether oxygens (including phenoxy) is 1. The molecule has 1 atom stereocenters. The molecule has 1 aromatic heterocycles. The third-order valence-corrected chi connectivity index (χ3v) is 2.64. The van der Waals surface area contributed by atoms with Crippen LogP contribution < -0.4 is 5.73 Å². The van der Waals surface area contributed by atoms with Crippen LogP contribution in [0.25, 0.3) is 0 Å². The number of rotatable bonds is 6. The number of nitrogens with zero attached hydrogens (tertiary/aromatic N) is 2. The lowest BCUT2D eigenvalue weighted by molar-refractivity contribution is -0.00709. The van der Waals surface area contributed by atoms with Gasteiger partial charge in [0.05, 0.1) is 12.2 Å². The quantitative estimate of drug-likeness (QED) is 0.826. The van der Waals surface area contributed by atoms with Gasteiger partial charge in [-0.3, -0.25) is 0 Å². The normalized spacial score (nSPS) is 13.9. The van der Waals surface area contributed by atoms with Crippen molar-refractivity contribution < 1.29 is 4.74 Å². The van der Waals surface area contributed by atoms with Crippen LogP contribution in [0.5, 0.6) is 0 Å². The molecule has 4 nitrogen and oxygen atoms in total. The van der Waals surface area contributed by atoms with Crippen LogP contribution in [-0.2, 0) is 17.7 Å². The maximum absolute atomic E-state index is 5.95. The van der Waals surface area contributed by atoms with Gasteiger partial charge in [-0.05, 0) is 27.2 Å². The first-order chi connectivity index (χ1) is 7.92. The van der Waals surface area contributed by atoms with Crippen molar-refractivity contribution in [3.05, 3.63) is 18.2 Å². The maximum Gasteiger partial charge on any atom is 0.110 e. The SMILES string of the molecule is CCC(N)Cc1nccn1CCOC(C)(C)C. The first-order valence-electron chi connectivity index (χ1n) is 6.32. The molecule has 0 saturated heterocycles. The van der Waals surface area contributed by atoms with Gasteiger partial charge in [0.15, 0.2) is 0 Å². The smallest absolute Gasteiger partial charge is 0.110 e. The molecule has 0 fully saturated rings. The van der Waals surface area contributed by atoms with E-state index in [0.29, 0.717) is 6.61 Å². The van der Waals surface area contributed by atoms with Crippen molar-refractivity contribution in [2.75, 3.05) is 6.61 Å². The van der Waals surface area contributed by atoms with Crippen LogP contribution in [0.2, 0.25) is 0 Å². The van der Waals surface area contributed by atoms with E-state index in [2.05, 4.69) is 37.2 Å². The van der Waals surface area contributed by atoms with E-state index in [9.17, 15) is 0 Å². The minimum Gasteiger partial charge on any atom is -0.374 e. The van der Waals surface area contributed by atoms with Crippen LogP contribution in [0.1, 0.15) is 39.9 Å². The van der Waals surface area contributed by atoms with Gasteiger partial charge in [0.25, 0.3) is 0 Å². The summed E-state index contributed by atoms with van der Waals surface area (Å²) in [7, 11) is 0. The fourth-order valence-corrected chi connectivity index (χ4v) is 1.56. The van der Waals surface area contributed by atoms with E-state index in [4.69, 9.17) is 10.5 Å². The molecule has 0 saturated carbocycles. The van der Waals surface area contributed by atoms with E-state index in [1.54, 1.807) is 0 Å². The van der Waals surface area contributed by atoms with Crippen molar-refractivity contribution in [2.45, 2.75) is 58.7 Å². The van der Waals surface area contributed by atoms with E-state index in [-0.39, 0.29) is 11.6 Å². The Morgan fingerprint density at radius 1 is 1.47 bits per heavy atom. The molecule has 98 valence electrons. The lowest BCUT2D eigenvalue weighted by Crippen LogP contribution is -2.25. The summed E-state index contributed by atoms with van der Waals surface area (Å²) in [5.74, 6) is 1.05. The average Bonchev–Trinajstić information content (AvgIpc) is 2.64. The predicted molar refractivity (Wildman–Crippen MR) is 69.9 cm³/mol. The van der Waals surface area contributed by atoms with Gasteiger partial charge < -0.3 is 15.0 Å². The predicted octanol–water partition coefficient (Wildman–Crippen LogP) is 1.98. The van der Waals surface area contributed by atoms with Crippen molar-refractivity contribution in [3.63, 3.8) is 0 Å². The van der Waals surface area contributed by atoms with Crippen molar-refractivity contribution in [1.29, 1.82) is 0 Å². The Kier molecular flexibility index (Phi) is 5.15. The highest BCUT2D eigenvalue weighted by Gasteiger charge is 2.11. The number of hydrogen-bond acceptors (Lipinski definition) is 3. The Balaban J connectivity index is 2.46. The Morgan fingerprint density at radius 2 is 2.18 bits per heavy atom. The molecular weight excluding hydrogens is 214 g/mol. The number of hydrogen-bond donors (Lipinski definition) is 1. The fraction of sp³-hybridized carbons (Fsp3) is 0.769. The first-order valence-corrected chi connectivity index (χ1v) is 6.32. The van der Waals surface area contributed by atoms with Crippen LogP contribution in [0, 0.1) is 0 Å². The maximum atomic E-state index is 5.95. The van der Waals surface area contributed by atoms with E-state index in [0.717, 1.165) is 25.2 Å². The topological polar surface area (TPSA) is 53.1 Å². The molecule has 0 radical (unpaired) electrons. The van der Waals surface area contributed by atoms with Gasteiger partial charge in [-0.25, -0.2) is 4.98 Å². The van der Waals surface area contributed by atoms with Crippen molar-refractivity contribution in [2.24, 2.45) is 5.73 Å². The highest BCUT2D eigenvalue weighted by atomic mass is 16.5. The van der Waals surface area contributed by atoms with Crippen molar-refractivity contribution >= 4 is 0 Å². The van der Waals surface area contributed by atoms with Crippen LogP contribution in [0.3, 0.4) is 0 Å². The van der Waals surface area contributed by atoms with Crippen LogP contribution in [0.4, 0.5) is 0 Å². The van der Waals surface area contributed by atoms with Crippen LogP contribution in [0.15, 0.2) is 12.4 Å². The molecule has 0 aliphatic carbocycles. The molecule has 0 aliphatic rings. The third-order valence-electron chi connectivity index (χ3n) is 2.64. The summed E-state index contributed by atoms with van der Waals surface area (Å²) >= 11 is 0. The van der Waals surface area contributed by atoms with Crippen LogP contribution in [-0.4, -0.2) is 27.8 Å². The lowest BCUT2D eigenvalue weighted by Gasteiger charge is -2.20. The second kappa shape index (κ2) is 6.17. The summed E-state index contributed by atoms with van der Waals surface area (Å²) in [6.07, 6.45) is 5.63. The van der Waals surface area contributed by atoms with Gasteiger partial charge in [-0.2, -0.15) is 0 Å². The minimum absolute atomic E-state index is 0.0828. The number of imidazole rings is 1. The van der Waals surface area contributed by atoms with E-state index < -0.39 is 0 Å². The second-order valence-electron chi connectivity index (χ2n) is 5.37. The molecule has 0 spiro atoms. The molecule has 0 aliphatic heterocycles. The van der Waals surface area contributed by atoms with E-state index >= 15 is 0 Å². The zero-order chi connectivity index (χ0) is 12.9. The second-order valence-corrected chi connectivity index (χ2v) is 5.37. The van der Waals surface area contributed by atoms with Gasteiger partial charge in [0, 0.05) is 31.4 Å². The summed E-state index contributed by atoms with van der Waals surface area (Å²) in [5.41, 5.74) is 5.86. The van der Waals surface area contributed by atoms with E-state index in [1.807, 2.05) is 12.4 Å². The molecule has 4 heteroatoms. The molecule has 0 aromatic carbocycles. The molecule has 17 heavy (non-hydrogen) atoms. The zero-order valence-corrected chi connectivity index (χ0v) is 11.4. The number of aromatic nitrogens is 2. The number of nitrogens with two attached hydrogens (primary N) is 1. The molecular formula is C13H25N3O. The summed E-state index contributed by atoms with van der Waals surface area (Å²) in [4.78, 5) is 4.35. The summed E-state index contributed by atoms with van der Waals surface area (Å²) in [5, 5.41) is 0. The monoisotopic (exact) mass is 239 g/mol. The zero-order valence-electron chi connectivity index (χ0n) is 11.4. The van der Waals surface area contributed by atoms with Gasteiger partial charge >= 0.3 is 0 Å². The molecule has 2 N–H and O–H groups in total. The first kappa shape index (κ1) is 14.2. The lowest BCUT2D eigenvalue weighted by atomic mass is 10.1. The standard InChI is InChI=1S/C13H25N3O/c1-5-11(14)10-12-15-6-7-16(12)8-9-17-13(2,3)4/h6-7,11H,5,8-10,14H2,1-4H3. The van der Waals surface area contributed by atoms with E-state index in [1.165, 1.54) is 0 Å². The van der Waals surface area contributed by atoms with Gasteiger partial charge in [-0.15, -0.1) is 0 Å².